The number of amides is 2. The van der Waals surface area contributed by atoms with E-state index in [2.05, 4.69) is 68.4 Å². The summed E-state index contributed by atoms with van der Waals surface area (Å²) in [6.45, 7) is 10.9. The second-order valence-electron chi connectivity index (χ2n) is 9.61. The molecule has 2 amide bonds. The highest BCUT2D eigenvalue weighted by atomic mass is 127. The molecule has 1 aromatic rings. The average Bonchev–Trinajstić information content (AvgIpc) is 2.71. The van der Waals surface area contributed by atoms with E-state index in [1.807, 2.05) is 25.1 Å². The third-order valence-corrected chi connectivity index (χ3v) is 6.85. The maximum absolute atomic E-state index is 13.2. The maximum Gasteiger partial charge on any atom is 0.317 e. The van der Waals surface area contributed by atoms with Gasteiger partial charge in [0.1, 0.15) is 0 Å². The molecule has 0 unspecified atom stereocenters. The summed E-state index contributed by atoms with van der Waals surface area (Å²) in [6, 6.07) is 2.62. The van der Waals surface area contributed by atoms with Crippen molar-refractivity contribution in [1.29, 1.82) is 0 Å². The van der Waals surface area contributed by atoms with Crippen LogP contribution in [0, 0.1) is 11.8 Å². The molecule has 1 aliphatic heterocycles. The smallest absolute Gasteiger partial charge is 0.317 e. The summed E-state index contributed by atoms with van der Waals surface area (Å²) in [5.74, 6) is 1.17. The molecule has 0 bridgehead atoms. The van der Waals surface area contributed by atoms with Gasteiger partial charge in [-0.2, -0.15) is 0 Å². The molecule has 0 radical (unpaired) electrons. The van der Waals surface area contributed by atoms with E-state index < -0.39 is 0 Å². The van der Waals surface area contributed by atoms with Gasteiger partial charge < -0.3 is 20.9 Å². The lowest BCUT2D eigenvalue weighted by Gasteiger charge is -2.45. The van der Waals surface area contributed by atoms with Crippen LogP contribution in [0.3, 0.4) is 0 Å². The van der Waals surface area contributed by atoms with Gasteiger partial charge >= 0.3 is 6.03 Å². The number of aromatic nitrogens is 2. The summed E-state index contributed by atoms with van der Waals surface area (Å²) >= 11 is 2.50. The van der Waals surface area contributed by atoms with Crippen molar-refractivity contribution in [2.75, 3.05) is 57.0 Å². The Labute approximate surface area is 207 Å². The molecule has 8 nitrogen and oxygen atoms in total. The predicted molar refractivity (Wildman–Crippen MR) is 140 cm³/mol. The van der Waals surface area contributed by atoms with Gasteiger partial charge in [0.05, 0.1) is 0 Å². The second kappa shape index (κ2) is 13.5. The predicted octanol–water partition coefficient (Wildman–Crippen LogP) is 2.73. The van der Waals surface area contributed by atoms with E-state index in [0.717, 1.165) is 62.1 Å². The number of hydrogen-bond donors (Lipinski definition) is 2. The number of alkyl halides is 1. The zero-order chi connectivity index (χ0) is 23.7. The molecule has 32 heavy (non-hydrogen) atoms. The fraction of sp³-hybridized carbons (Fsp3) is 0.783. The fourth-order valence-electron chi connectivity index (χ4n) is 4.50. The summed E-state index contributed by atoms with van der Waals surface area (Å²) < 4.78 is 1.06. The number of nitrogens with zero attached hydrogens (tertiary/aromatic N) is 5. The van der Waals surface area contributed by atoms with E-state index in [1.165, 1.54) is 0 Å². The van der Waals surface area contributed by atoms with Crippen molar-refractivity contribution < 1.29 is 4.79 Å². The number of likely N-dealkylation sites (tertiary alicyclic amines) is 1. The summed E-state index contributed by atoms with van der Waals surface area (Å²) in [7, 11) is 4.09. The van der Waals surface area contributed by atoms with Gasteiger partial charge in [-0.25, -0.2) is 14.8 Å². The Balaban J connectivity index is 2.13. The number of nitrogens with one attached hydrogen (secondary N) is 1. The van der Waals surface area contributed by atoms with Crippen molar-refractivity contribution in [3.63, 3.8) is 0 Å². The lowest BCUT2D eigenvalue weighted by Crippen LogP contribution is -2.58. The van der Waals surface area contributed by atoms with Crippen molar-refractivity contribution >= 4 is 34.6 Å². The van der Waals surface area contributed by atoms with Crippen LogP contribution in [-0.2, 0) is 6.42 Å². The molecule has 182 valence electrons. The number of hydrogen-bond acceptors (Lipinski definition) is 6. The van der Waals surface area contributed by atoms with Crippen LogP contribution in [-0.4, -0.2) is 94.0 Å². The number of piperidine rings is 1. The number of urea groups is 1. The van der Waals surface area contributed by atoms with Gasteiger partial charge in [-0.1, -0.05) is 43.4 Å². The summed E-state index contributed by atoms with van der Waals surface area (Å²) in [6.07, 6.45) is 4.64. The van der Waals surface area contributed by atoms with E-state index in [4.69, 9.17) is 5.73 Å². The fourth-order valence-corrected chi connectivity index (χ4v) is 5.78. The number of nitrogens with two attached hydrogens (primary N) is 1. The first-order chi connectivity index (χ1) is 15.2. The van der Waals surface area contributed by atoms with Gasteiger partial charge in [-0.15, -0.1) is 0 Å². The molecule has 2 heterocycles. The lowest BCUT2D eigenvalue weighted by atomic mass is 9.84. The molecule has 1 aromatic heterocycles. The van der Waals surface area contributed by atoms with Crippen LogP contribution in [0.4, 0.5) is 10.7 Å². The van der Waals surface area contributed by atoms with Crippen molar-refractivity contribution in [2.24, 2.45) is 11.8 Å². The molecule has 2 rings (SSSR count). The molecule has 3 atom stereocenters. The highest BCUT2D eigenvalue weighted by molar-refractivity contribution is 14.1. The number of likely N-dealkylation sites (N-methyl/N-ethyl adjacent to an activating group) is 1. The molecule has 1 saturated heterocycles. The van der Waals surface area contributed by atoms with Gasteiger partial charge in [-0.3, -0.25) is 4.90 Å². The standard InChI is InChI=1S/C23H42IN7O/c1-6-9-30-16-20(28-23(32)31(15-17(2)3)11-10-29(4)5)13-18(21(30)14-24)12-19-7-8-26-22(25)27-19/h7-8,17-18,20-21H,6,9-16H2,1-5H3,(H,28,32)(H2,25,26,27)/t18-,20-,21+/m0/s1. The Kier molecular flexibility index (Phi) is 11.4. The molecule has 0 aliphatic carbocycles. The summed E-state index contributed by atoms with van der Waals surface area (Å²) in [5.41, 5.74) is 6.80. The molecule has 1 aliphatic rings. The van der Waals surface area contributed by atoms with Crippen LogP contribution in [0.1, 0.15) is 39.3 Å². The van der Waals surface area contributed by atoms with Crippen LogP contribution >= 0.6 is 22.6 Å². The first kappa shape index (κ1) is 27.0. The number of carbonyl (C=O) groups excluding carboxylic acids is 1. The topological polar surface area (TPSA) is 90.6 Å². The van der Waals surface area contributed by atoms with Crippen LogP contribution in [0.25, 0.3) is 0 Å². The molecular weight excluding hydrogens is 517 g/mol. The molecular formula is C23H42IN7O. The second-order valence-corrected chi connectivity index (χ2v) is 10.5. The normalized spacial score (nSPS) is 21.8. The van der Waals surface area contributed by atoms with E-state index in [0.29, 0.717) is 23.8 Å². The molecule has 0 spiro atoms. The lowest BCUT2D eigenvalue weighted by molar-refractivity contribution is 0.0829. The number of rotatable bonds is 11. The first-order valence-electron chi connectivity index (χ1n) is 11.8. The molecule has 0 saturated carbocycles. The molecule has 3 N–H and O–H groups in total. The van der Waals surface area contributed by atoms with Gasteiger partial charge in [0.2, 0.25) is 5.95 Å². The minimum atomic E-state index is 0.0555. The van der Waals surface area contributed by atoms with Crippen LogP contribution in [0.15, 0.2) is 12.3 Å². The third kappa shape index (κ3) is 8.62. The minimum Gasteiger partial charge on any atom is -0.368 e. The van der Waals surface area contributed by atoms with Gasteiger partial charge in [0.15, 0.2) is 0 Å². The van der Waals surface area contributed by atoms with Crippen molar-refractivity contribution in [1.82, 2.24) is 30.0 Å². The zero-order valence-corrected chi connectivity index (χ0v) is 22.6. The van der Waals surface area contributed by atoms with Crippen molar-refractivity contribution in [2.45, 2.75) is 52.1 Å². The SMILES string of the molecule is CCCN1C[C@@H](NC(=O)N(CCN(C)C)CC(C)C)C[C@H](Cc2ccnc(N)n2)[C@H]1CI. The summed E-state index contributed by atoms with van der Waals surface area (Å²) in [4.78, 5) is 28.3. The van der Waals surface area contributed by atoms with E-state index in [9.17, 15) is 4.79 Å². The Morgan fingerprint density at radius 1 is 1.38 bits per heavy atom. The maximum atomic E-state index is 13.2. The average molecular weight is 560 g/mol. The Morgan fingerprint density at radius 2 is 2.12 bits per heavy atom. The number of anilines is 1. The Bertz CT molecular complexity index is 703. The van der Waals surface area contributed by atoms with Crippen LogP contribution < -0.4 is 11.1 Å². The van der Waals surface area contributed by atoms with Gasteiger partial charge in [0.25, 0.3) is 0 Å². The minimum absolute atomic E-state index is 0.0555. The van der Waals surface area contributed by atoms with E-state index in [-0.39, 0.29) is 12.1 Å². The molecule has 9 heteroatoms. The number of halogens is 1. The third-order valence-electron chi connectivity index (χ3n) is 5.94. The van der Waals surface area contributed by atoms with E-state index in [1.54, 1.807) is 6.20 Å². The van der Waals surface area contributed by atoms with Crippen molar-refractivity contribution in [3.8, 4) is 0 Å². The Hall–Kier alpha value is -1.20. The van der Waals surface area contributed by atoms with Crippen LogP contribution in [0.5, 0.6) is 0 Å². The number of carbonyl (C=O) groups is 1. The van der Waals surface area contributed by atoms with E-state index >= 15 is 0 Å². The van der Waals surface area contributed by atoms with Gasteiger partial charge in [0, 0.05) is 54.6 Å². The summed E-state index contributed by atoms with van der Waals surface area (Å²) in [5, 5.41) is 3.38. The zero-order valence-electron chi connectivity index (χ0n) is 20.4. The first-order valence-corrected chi connectivity index (χ1v) is 13.3. The molecule has 1 fully saturated rings. The molecule has 0 aromatic carbocycles. The quantitative estimate of drug-likeness (QED) is 0.320. The van der Waals surface area contributed by atoms with Gasteiger partial charge in [-0.05, 0) is 57.8 Å². The monoisotopic (exact) mass is 559 g/mol. The largest absolute Gasteiger partial charge is 0.368 e. The highest BCUT2D eigenvalue weighted by Gasteiger charge is 2.36. The highest BCUT2D eigenvalue weighted by Crippen LogP contribution is 2.29. The van der Waals surface area contributed by atoms with Crippen LogP contribution in [0.2, 0.25) is 0 Å². The Morgan fingerprint density at radius 3 is 2.72 bits per heavy atom. The number of nitrogen functional groups attached to an aromatic ring is 1. The van der Waals surface area contributed by atoms with Crippen molar-refractivity contribution in [3.05, 3.63) is 18.0 Å².